The third-order valence-corrected chi connectivity index (χ3v) is 5.28. The van der Waals surface area contributed by atoms with Crippen molar-refractivity contribution in [2.45, 2.75) is 58.3 Å². The lowest BCUT2D eigenvalue weighted by Crippen LogP contribution is -2.27. The van der Waals surface area contributed by atoms with Gasteiger partial charge in [-0.15, -0.1) is 0 Å². The van der Waals surface area contributed by atoms with E-state index in [0.29, 0.717) is 16.8 Å². The number of hydrogen-bond donors (Lipinski definition) is 1. The first-order valence-electron chi connectivity index (χ1n) is 9.49. The van der Waals surface area contributed by atoms with E-state index < -0.39 is 17.8 Å². The molecule has 0 saturated heterocycles. The van der Waals surface area contributed by atoms with Crippen molar-refractivity contribution in [3.8, 4) is 0 Å². The molecule has 0 aromatic carbocycles. The molecule has 3 heterocycles. The highest BCUT2D eigenvalue weighted by molar-refractivity contribution is 5.99. The second kappa shape index (κ2) is 6.85. The SMILES string of the molecule is CCn1ncc(C(C)NC(=O)c2cnn3c(C(F)(F)F)cc(C4CC4)nc23)c1C. The summed E-state index contributed by atoms with van der Waals surface area (Å²) in [7, 11) is 0. The normalized spacial score (nSPS) is 15.7. The summed E-state index contributed by atoms with van der Waals surface area (Å²) in [4.78, 5) is 17.2. The number of halogens is 3. The number of nitrogens with zero attached hydrogens (tertiary/aromatic N) is 5. The number of nitrogens with one attached hydrogen (secondary N) is 1. The van der Waals surface area contributed by atoms with Crippen molar-refractivity contribution in [2.75, 3.05) is 0 Å². The van der Waals surface area contributed by atoms with Crippen LogP contribution in [0.2, 0.25) is 0 Å². The van der Waals surface area contributed by atoms with Gasteiger partial charge in [-0.05, 0) is 39.7 Å². The minimum Gasteiger partial charge on any atom is -0.345 e. The molecule has 1 atom stereocenters. The Balaban J connectivity index is 1.69. The van der Waals surface area contributed by atoms with Gasteiger partial charge < -0.3 is 5.32 Å². The molecular weight excluding hydrogens is 385 g/mol. The molecule has 1 unspecified atom stereocenters. The zero-order valence-corrected chi connectivity index (χ0v) is 16.3. The molecule has 154 valence electrons. The van der Waals surface area contributed by atoms with Gasteiger partial charge in [0.1, 0.15) is 11.3 Å². The van der Waals surface area contributed by atoms with Crippen LogP contribution in [0.3, 0.4) is 0 Å². The number of hydrogen-bond acceptors (Lipinski definition) is 4. The lowest BCUT2D eigenvalue weighted by molar-refractivity contribution is -0.142. The first kappa shape index (κ1) is 19.4. The maximum absolute atomic E-state index is 13.5. The van der Waals surface area contributed by atoms with Crippen LogP contribution in [-0.4, -0.2) is 30.3 Å². The van der Waals surface area contributed by atoms with Crippen molar-refractivity contribution in [1.29, 1.82) is 0 Å². The predicted molar refractivity (Wildman–Crippen MR) is 98.5 cm³/mol. The average molecular weight is 406 g/mol. The van der Waals surface area contributed by atoms with Crippen molar-refractivity contribution in [2.24, 2.45) is 0 Å². The van der Waals surface area contributed by atoms with E-state index in [1.165, 1.54) is 0 Å². The van der Waals surface area contributed by atoms with Crippen LogP contribution in [0.5, 0.6) is 0 Å². The van der Waals surface area contributed by atoms with E-state index in [4.69, 9.17) is 0 Å². The molecule has 1 aliphatic rings. The van der Waals surface area contributed by atoms with Gasteiger partial charge in [-0.2, -0.15) is 23.4 Å². The molecule has 0 radical (unpaired) electrons. The zero-order valence-electron chi connectivity index (χ0n) is 16.3. The quantitative estimate of drug-likeness (QED) is 0.702. The van der Waals surface area contributed by atoms with Gasteiger partial charge in [-0.3, -0.25) is 9.48 Å². The summed E-state index contributed by atoms with van der Waals surface area (Å²) >= 11 is 0. The molecule has 3 aromatic rings. The number of aromatic nitrogens is 5. The largest absolute Gasteiger partial charge is 0.433 e. The summed E-state index contributed by atoms with van der Waals surface area (Å²) < 4.78 is 43.0. The van der Waals surface area contributed by atoms with E-state index in [9.17, 15) is 18.0 Å². The van der Waals surface area contributed by atoms with Gasteiger partial charge in [0.2, 0.25) is 0 Å². The molecule has 1 saturated carbocycles. The van der Waals surface area contributed by atoms with Crippen LogP contribution in [0, 0.1) is 6.92 Å². The van der Waals surface area contributed by atoms with Gasteiger partial charge in [-0.1, -0.05) is 0 Å². The monoisotopic (exact) mass is 406 g/mol. The van der Waals surface area contributed by atoms with Crippen LogP contribution in [0.15, 0.2) is 18.5 Å². The number of alkyl halides is 3. The summed E-state index contributed by atoms with van der Waals surface area (Å²) in [5.41, 5.74) is 1.15. The fourth-order valence-corrected chi connectivity index (χ4v) is 3.49. The van der Waals surface area contributed by atoms with E-state index in [1.54, 1.807) is 13.1 Å². The summed E-state index contributed by atoms with van der Waals surface area (Å²) in [5.74, 6) is -0.516. The van der Waals surface area contributed by atoms with Gasteiger partial charge in [0.05, 0.1) is 18.4 Å². The molecule has 3 aromatic heterocycles. The molecule has 7 nitrogen and oxygen atoms in total. The maximum atomic E-state index is 13.5. The summed E-state index contributed by atoms with van der Waals surface area (Å²) in [6.07, 6.45) is -0.171. The number of carbonyl (C=O) groups excluding carboxylic acids is 1. The highest BCUT2D eigenvalue weighted by Gasteiger charge is 2.38. The standard InChI is InChI=1S/C19H21F3N6O/c1-4-27-11(3)13(8-23-27)10(2)25-18(29)14-9-24-28-16(19(20,21)22)7-15(12-5-6-12)26-17(14)28/h7-10,12H,4-6H2,1-3H3,(H,25,29). The Hall–Kier alpha value is -2.91. The van der Waals surface area contributed by atoms with Crippen molar-refractivity contribution >= 4 is 11.6 Å². The Labute approximate surface area is 164 Å². The van der Waals surface area contributed by atoms with Crippen molar-refractivity contribution in [1.82, 2.24) is 29.7 Å². The fourth-order valence-electron chi connectivity index (χ4n) is 3.49. The third kappa shape index (κ3) is 3.47. The van der Waals surface area contributed by atoms with E-state index in [1.807, 2.05) is 18.5 Å². The topological polar surface area (TPSA) is 77.1 Å². The zero-order chi connectivity index (χ0) is 20.9. The van der Waals surface area contributed by atoms with Crippen LogP contribution in [0.25, 0.3) is 5.65 Å². The van der Waals surface area contributed by atoms with E-state index in [2.05, 4.69) is 20.5 Å². The number of amides is 1. The van der Waals surface area contributed by atoms with Gasteiger partial charge in [0.15, 0.2) is 5.65 Å². The van der Waals surface area contributed by atoms with Gasteiger partial charge in [-0.25, -0.2) is 9.50 Å². The molecule has 0 aliphatic heterocycles. The fraction of sp³-hybridized carbons (Fsp3) is 0.474. The van der Waals surface area contributed by atoms with Crippen molar-refractivity contribution < 1.29 is 18.0 Å². The Morgan fingerprint density at radius 2 is 2.03 bits per heavy atom. The molecule has 10 heteroatoms. The van der Waals surface area contributed by atoms with Gasteiger partial charge in [0.25, 0.3) is 5.91 Å². The Bertz CT molecular complexity index is 1080. The molecule has 29 heavy (non-hydrogen) atoms. The Morgan fingerprint density at radius 1 is 1.31 bits per heavy atom. The number of fused-ring (bicyclic) bond motifs is 1. The number of rotatable bonds is 5. The van der Waals surface area contributed by atoms with Crippen LogP contribution in [0.4, 0.5) is 13.2 Å². The summed E-state index contributed by atoms with van der Waals surface area (Å²) in [6, 6.07) is 0.663. The molecule has 0 spiro atoms. The molecule has 4 rings (SSSR count). The molecule has 0 bridgehead atoms. The summed E-state index contributed by atoms with van der Waals surface area (Å²) in [6.45, 7) is 6.38. The van der Waals surface area contributed by atoms with Crippen LogP contribution in [0.1, 0.15) is 71.7 Å². The van der Waals surface area contributed by atoms with Crippen LogP contribution >= 0.6 is 0 Å². The first-order chi connectivity index (χ1) is 13.7. The second-order valence-electron chi connectivity index (χ2n) is 7.33. The van der Waals surface area contributed by atoms with E-state index in [-0.39, 0.29) is 23.2 Å². The lowest BCUT2D eigenvalue weighted by atomic mass is 10.1. The Morgan fingerprint density at radius 3 is 2.62 bits per heavy atom. The predicted octanol–water partition coefficient (Wildman–Crippen LogP) is 3.64. The molecule has 1 aliphatic carbocycles. The highest BCUT2D eigenvalue weighted by Crippen LogP contribution is 2.41. The molecular formula is C19H21F3N6O. The average Bonchev–Trinajstić information content (AvgIpc) is 3.31. The molecule has 1 amide bonds. The second-order valence-corrected chi connectivity index (χ2v) is 7.33. The lowest BCUT2D eigenvalue weighted by Gasteiger charge is -2.14. The highest BCUT2D eigenvalue weighted by atomic mass is 19.4. The minimum atomic E-state index is -4.59. The first-order valence-corrected chi connectivity index (χ1v) is 9.49. The number of carbonyl (C=O) groups is 1. The van der Waals surface area contributed by atoms with E-state index in [0.717, 1.165) is 36.4 Å². The number of aryl methyl sites for hydroxylation is 1. The molecule has 1 N–H and O–H groups in total. The van der Waals surface area contributed by atoms with Crippen molar-refractivity contribution in [3.63, 3.8) is 0 Å². The van der Waals surface area contributed by atoms with Crippen LogP contribution < -0.4 is 5.32 Å². The van der Waals surface area contributed by atoms with Crippen LogP contribution in [-0.2, 0) is 12.7 Å². The maximum Gasteiger partial charge on any atom is 0.433 e. The van der Waals surface area contributed by atoms with Crippen molar-refractivity contribution in [3.05, 3.63) is 46.7 Å². The summed E-state index contributed by atoms with van der Waals surface area (Å²) in [5, 5.41) is 10.9. The molecule has 1 fully saturated rings. The third-order valence-electron chi connectivity index (χ3n) is 5.28. The van der Waals surface area contributed by atoms with Gasteiger partial charge >= 0.3 is 6.18 Å². The minimum absolute atomic E-state index is 0.00775. The smallest absolute Gasteiger partial charge is 0.345 e. The van der Waals surface area contributed by atoms with E-state index >= 15 is 0 Å². The Kier molecular flexibility index (Phi) is 4.59. The van der Waals surface area contributed by atoms with Gasteiger partial charge in [0, 0.05) is 29.4 Å².